The molecule has 178 valence electrons. The Morgan fingerprint density at radius 1 is 1.03 bits per heavy atom. The number of nitrogens with zero attached hydrogens (tertiary/aromatic N) is 4. The van der Waals surface area contributed by atoms with Crippen molar-refractivity contribution in [3.63, 3.8) is 0 Å². The molecule has 8 heteroatoms. The van der Waals surface area contributed by atoms with Gasteiger partial charge in [-0.3, -0.25) is 18.5 Å². The zero-order chi connectivity index (χ0) is 23.9. The Hall–Kier alpha value is -3.03. The number of nitrogens with one attached hydrogen (secondary N) is 1. The number of aromatic nitrogens is 4. The molecule has 3 aromatic rings. The second-order valence-corrected chi connectivity index (χ2v) is 10.3. The average Bonchev–Trinajstić information content (AvgIpc) is 3.14. The molecule has 1 saturated carbocycles. The summed E-state index contributed by atoms with van der Waals surface area (Å²) in [5.41, 5.74) is 1.46. The van der Waals surface area contributed by atoms with Crippen molar-refractivity contribution in [1.29, 1.82) is 0 Å². The fourth-order valence-corrected chi connectivity index (χ4v) is 4.91. The van der Waals surface area contributed by atoms with Gasteiger partial charge in [0.2, 0.25) is 5.95 Å². The van der Waals surface area contributed by atoms with Gasteiger partial charge in [0.25, 0.3) is 5.56 Å². The lowest BCUT2D eigenvalue weighted by molar-refractivity contribution is 0.173. The summed E-state index contributed by atoms with van der Waals surface area (Å²) >= 11 is 0. The highest BCUT2D eigenvalue weighted by molar-refractivity contribution is 5.74. The molecule has 1 aromatic carbocycles. The molecular weight excluding hydrogens is 418 g/mol. The third-order valence-electron chi connectivity index (χ3n) is 7.13. The van der Waals surface area contributed by atoms with E-state index >= 15 is 0 Å². The molecule has 2 aromatic heterocycles. The minimum atomic E-state index is -0.376. The second kappa shape index (κ2) is 8.72. The number of rotatable bonds is 5. The minimum Gasteiger partial charge on any atom is -0.497 e. The first-order chi connectivity index (χ1) is 15.6. The van der Waals surface area contributed by atoms with Gasteiger partial charge in [-0.2, -0.15) is 4.98 Å². The predicted octanol–water partition coefficient (Wildman–Crippen LogP) is 3.51. The van der Waals surface area contributed by atoms with Crippen LogP contribution in [0.5, 0.6) is 5.75 Å². The summed E-state index contributed by atoms with van der Waals surface area (Å²) < 4.78 is 9.78. The third-order valence-corrected chi connectivity index (χ3v) is 7.13. The Balaban J connectivity index is 1.73. The average molecular weight is 454 g/mol. The molecule has 2 heterocycles. The molecule has 0 spiro atoms. The largest absolute Gasteiger partial charge is 0.497 e. The monoisotopic (exact) mass is 453 g/mol. The minimum absolute atomic E-state index is 0.288. The number of aryl methyl sites for hydroxylation is 1. The van der Waals surface area contributed by atoms with E-state index in [1.165, 1.54) is 24.5 Å². The fraction of sp³-hybridized carbons (Fsp3) is 0.560. The van der Waals surface area contributed by atoms with Crippen molar-refractivity contribution in [1.82, 2.24) is 18.7 Å². The molecule has 0 aliphatic heterocycles. The van der Waals surface area contributed by atoms with Crippen molar-refractivity contribution < 1.29 is 4.74 Å². The molecule has 1 aliphatic rings. The van der Waals surface area contributed by atoms with Crippen LogP contribution in [0, 0.1) is 11.3 Å². The van der Waals surface area contributed by atoms with Crippen molar-refractivity contribution in [2.75, 3.05) is 12.4 Å². The lowest BCUT2D eigenvalue weighted by Gasteiger charge is -2.37. The number of methoxy groups -OCH3 is 1. The Morgan fingerprint density at radius 3 is 2.24 bits per heavy atom. The van der Waals surface area contributed by atoms with Gasteiger partial charge in [0.05, 0.1) is 13.7 Å². The van der Waals surface area contributed by atoms with Crippen molar-refractivity contribution >= 4 is 17.1 Å². The van der Waals surface area contributed by atoms with Crippen molar-refractivity contribution in [3.05, 3.63) is 50.7 Å². The molecule has 0 amide bonds. The van der Waals surface area contributed by atoms with Gasteiger partial charge in [-0.1, -0.05) is 32.9 Å². The van der Waals surface area contributed by atoms with Gasteiger partial charge in [0, 0.05) is 20.1 Å². The summed E-state index contributed by atoms with van der Waals surface area (Å²) in [6, 6.07) is 8.06. The van der Waals surface area contributed by atoms with E-state index in [9.17, 15) is 9.59 Å². The van der Waals surface area contributed by atoms with E-state index in [0.29, 0.717) is 35.0 Å². The maximum absolute atomic E-state index is 13.1. The van der Waals surface area contributed by atoms with E-state index in [0.717, 1.165) is 28.7 Å². The van der Waals surface area contributed by atoms with Crippen LogP contribution < -0.4 is 21.3 Å². The van der Waals surface area contributed by atoms with E-state index in [1.807, 2.05) is 28.8 Å². The normalized spacial score (nSPS) is 19.1. The van der Waals surface area contributed by atoms with Gasteiger partial charge in [-0.15, -0.1) is 0 Å². The van der Waals surface area contributed by atoms with Crippen LogP contribution >= 0.6 is 0 Å². The second-order valence-electron chi connectivity index (χ2n) is 10.3. The van der Waals surface area contributed by atoms with Crippen LogP contribution in [0.2, 0.25) is 0 Å². The zero-order valence-electron chi connectivity index (χ0n) is 20.5. The lowest BCUT2D eigenvalue weighted by atomic mass is 9.71. The molecule has 33 heavy (non-hydrogen) atoms. The van der Waals surface area contributed by atoms with Crippen LogP contribution in [0.3, 0.4) is 0 Å². The Morgan fingerprint density at radius 2 is 1.67 bits per heavy atom. The first kappa shape index (κ1) is 23.1. The van der Waals surface area contributed by atoms with Crippen LogP contribution in [-0.4, -0.2) is 31.8 Å². The van der Waals surface area contributed by atoms with Crippen LogP contribution in [-0.2, 0) is 20.6 Å². The first-order valence-corrected chi connectivity index (χ1v) is 11.7. The highest BCUT2D eigenvalue weighted by Gasteiger charge is 2.30. The maximum atomic E-state index is 13.1. The summed E-state index contributed by atoms with van der Waals surface area (Å²) in [5.74, 6) is 2.13. The molecule has 1 N–H and O–H groups in total. The molecule has 0 saturated heterocycles. The molecule has 0 atom stereocenters. The Bertz CT molecular complexity index is 1250. The first-order valence-electron chi connectivity index (χ1n) is 11.7. The highest BCUT2D eigenvalue weighted by atomic mass is 16.5. The molecule has 8 nitrogen and oxygen atoms in total. The topological polar surface area (TPSA) is 83.1 Å². The quantitative estimate of drug-likeness (QED) is 0.639. The number of hydrogen-bond donors (Lipinski definition) is 1. The Labute approximate surface area is 194 Å². The lowest BCUT2D eigenvalue weighted by Crippen LogP contribution is -2.37. The summed E-state index contributed by atoms with van der Waals surface area (Å²) in [5, 5.41) is 3.61. The fourth-order valence-electron chi connectivity index (χ4n) is 4.91. The predicted molar refractivity (Wildman–Crippen MR) is 131 cm³/mol. The molecule has 0 radical (unpaired) electrons. The molecule has 1 fully saturated rings. The third kappa shape index (κ3) is 4.43. The molecule has 4 rings (SSSR count). The van der Waals surface area contributed by atoms with Crippen LogP contribution in [0.4, 0.5) is 5.95 Å². The number of benzene rings is 1. The zero-order valence-corrected chi connectivity index (χ0v) is 20.5. The van der Waals surface area contributed by atoms with Gasteiger partial charge < -0.3 is 10.1 Å². The number of anilines is 1. The van der Waals surface area contributed by atoms with E-state index in [4.69, 9.17) is 9.72 Å². The van der Waals surface area contributed by atoms with Gasteiger partial charge in [-0.05, 0) is 54.7 Å². The van der Waals surface area contributed by atoms with Crippen LogP contribution in [0.25, 0.3) is 11.2 Å². The number of fused-ring (bicyclic) bond motifs is 1. The van der Waals surface area contributed by atoms with Gasteiger partial charge in [0.15, 0.2) is 11.2 Å². The van der Waals surface area contributed by atoms with Crippen molar-refractivity contribution in [3.8, 4) is 5.75 Å². The van der Waals surface area contributed by atoms with Crippen molar-refractivity contribution in [2.24, 2.45) is 25.4 Å². The highest BCUT2D eigenvalue weighted by Crippen LogP contribution is 2.38. The number of hydrogen-bond acceptors (Lipinski definition) is 5. The van der Waals surface area contributed by atoms with Crippen LogP contribution in [0.15, 0.2) is 33.9 Å². The summed E-state index contributed by atoms with van der Waals surface area (Å²) in [7, 11) is 4.81. The molecule has 1 aliphatic carbocycles. The van der Waals surface area contributed by atoms with E-state index in [2.05, 4.69) is 26.1 Å². The number of imidazole rings is 1. The van der Waals surface area contributed by atoms with Crippen LogP contribution in [0.1, 0.15) is 52.0 Å². The Kier molecular flexibility index (Phi) is 6.12. The molecular formula is C25H35N5O3. The van der Waals surface area contributed by atoms with E-state index in [1.54, 1.807) is 14.2 Å². The standard InChI is InChI=1S/C25H35N5O3/c1-25(2,3)17-9-11-18(12-10-17)26-23-27-21-20(22(31)29(5)24(32)28(21)4)30(23)15-16-7-13-19(33-6)14-8-16/h7-8,13-14,17-18H,9-12,15H2,1-6H3,(H,26,27). The van der Waals surface area contributed by atoms with E-state index < -0.39 is 0 Å². The van der Waals surface area contributed by atoms with Crippen molar-refractivity contribution in [2.45, 2.75) is 59.0 Å². The van der Waals surface area contributed by atoms with Gasteiger partial charge in [0.1, 0.15) is 5.75 Å². The summed E-state index contributed by atoms with van der Waals surface area (Å²) in [6.07, 6.45) is 4.45. The smallest absolute Gasteiger partial charge is 0.332 e. The van der Waals surface area contributed by atoms with E-state index in [-0.39, 0.29) is 17.3 Å². The number of ether oxygens (including phenoxy) is 1. The van der Waals surface area contributed by atoms with Gasteiger partial charge >= 0.3 is 5.69 Å². The van der Waals surface area contributed by atoms with Gasteiger partial charge in [-0.25, -0.2) is 4.79 Å². The molecule has 0 bridgehead atoms. The maximum Gasteiger partial charge on any atom is 0.332 e. The summed E-state index contributed by atoms with van der Waals surface area (Å²) in [4.78, 5) is 30.4. The SMILES string of the molecule is COc1ccc(Cn2c(NC3CCC(C(C)(C)C)CC3)nc3c2c(=O)n(C)c(=O)n3C)cc1. The molecule has 0 unspecified atom stereocenters. The summed E-state index contributed by atoms with van der Waals surface area (Å²) in [6.45, 7) is 7.41.